The Balaban J connectivity index is 2.09. The van der Waals surface area contributed by atoms with Gasteiger partial charge < -0.3 is 14.0 Å². The van der Waals surface area contributed by atoms with E-state index < -0.39 is 0 Å². The molecule has 110 valence electrons. The topological polar surface area (TPSA) is 27.7 Å². The van der Waals surface area contributed by atoms with Gasteiger partial charge in [-0.2, -0.15) is 0 Å². The summed E-state index contributed by atoms with van der Waals surface area (Å²) < 4.78 is 17.8. The van der Waals surface area contributed by atoms with Crippen molar-refractivity contribution in [3.8, 4) is 5.75 Å². The predicted octanol–water partition coefficient (Wildman–Crippen LogP) is 3.15. The van der Waals surface area contributed by atoms with E-state index in [0.717, 1.165) is 23.0 Å². The molecule has 0 atom stereocenters. The van der Waals surface area contributed by atoms with Crippen LogP contribution >= 0.6 is 15.9 Å². The molecule has 2 rings (SSSR count). The van der Waals surface area contributed by atoms with E-state index in [1.54, 1.807) is 0 Å². The van der Waals surface area contributed by atoms with Crippen molar-refractivity contribution in [3.63, 3.8) is 0 Å². The molecule has 3 nitrogen and oxygen atoms in total. The average Bonchev–Trinajstić information content (AvgIpc) is 2.59. The summed E-state index contributed by atoms with van der Waals surface area (Å²) in [4.78, 5) is 0. The largest absolute Gasteiger partial charge is 0.494 e. The number of benzene rings is 1. The van der Waals surface area contributed by atoms with E-state index in [1.165, 1.54) is 0 Å². The maximum atomic E-state index is 6.05. The molecule has 0 aromatic heterocycles. The zero-order valence-corrected chi connectivity index (χ0v) is 14.2. The summed E-state index contributed by atoms with van der Waals surface area (Å²) in [6.07, 6.45) is 0.987. The van der Waals surface area contributed by atoms with Crippen LogP contribution in [0.4, 0.5) is 0 Å². The third-order valence-corrected chi connectivity index (χ3v) is 4.49. The summed E-state index contributed by atoms with van der Waals surface area (Å²) in [5.41, 5.74) is 0.370. The summed E-state index contributed by atoms with van der Waals surface area (Å²) in [6.45, 7) is 8.94. The first-order chi connectivity index (χ1) is 9.36. The van der Waals surface area contributed by atoms with Gasteiger partial charge in [0.15, 0.2) is 0 Å². The summed E-state index contributed by atoms with van der Waals surface area (Å²) in [6, 6.07) is 7.95. The fourth-order valence-corrected chi connectivity index (χ4v) is 2.20. The van der Waals surface area contributed by atoms with Gasteiger partial charge in [-0.25, -0.2) is 0 Å². The van der Waals surface area contributed by atoms with E-state index >= 15 is 0 Å². The monoisotopic (exact) mass is 340 g/mol. The summed E-state index contributed by atoms with van der Waals surface area (Å²) in [5.74, 6) is 0.859. The zero-order valence-electron chi connectivity index (χ0n) is 12.6. The van der Waals surface area contributed by atoms with Gasteiger partial charge >= 0.3 is 7.12 Å². The Bertz CT molecular complexity index is 446. The lowest BCUT2D eigenvalue weighted by Gasteiger charge is -2.32. The smallest absolute Gasteiger partial charge is 0.494 e. The molecule has 1 aromatic carbocycles. The molecule has 5 heteroatoms. The van der Waals surface area contributed by atoms with Gasteiger partial charge in [-0.05, 0) is 51.7 Å². The Hall–Kier alpha value is -0.515. The molecule has 1 aliphatic rings. The average molecular weight is 341 g/mol. The minimum Gasteiger partial charge on any atom is -0.494 e. The summed E-state index contributed by atoms with van der Waals surface area (Å²) >= 11 is 3.40. The molecule has 1 aliphatic heterocycles. The molecule has 0 saturated carbocycles. The van der Waals surface area contributed by atoms with Crippen molar-refractivity contribution < 1.29 is 14.0 Å². The first-order valence-electron chi connectivity index (χ1n) is 7.00. The number of hydrogen-bond donors (Lipinski definition) is 0. The standard InChI is InChI=1S/C15H22BBrO3/c1-14(2)15(3,4)20-16(19-14)12-7-5-8-13(11-12)18-10-6-9-17/h5,7-8,11H,6,9-10H2,1-4H3. The molecular formula is C15H22BBrO3. The van der Waals surface area contributed by atoms with E-state index in [-0.39, 0.29) is 18.3 Å². The third kappa shape index (κ3) is 3.38. The zero-order chi connectivity index (χ0) is 14.8. The van der Waals surface area contributed by atoms with E-state index in [4.69, 9.17) is 14.0 Å². The third-order valence-electron chi connectivity index (χ3n) is 3.93. The van der Waals surface area contributed by atoms with E-state index in [0.29, 0.717) is 6.61 Å². The van der Waals surface area contributed by atoms with Gasteiger partial charge in [0, 0.05) is 5.33 Å². The number of halogens is 1. The highest BCUT2D eigenvalue weighted by molar-refractivity contribution is 9.09. The number of hydrogen-bond acceptors (Lipinski definition) is 3. The second-order valence-corrected chi connectivity index (χ2v) is 6.84. The number of ether oxygens (including phenoxy) is 1. The Morgan fingerprint density at radius 1 is 1.15 bits per heavy atom. The Morgan fingerprint density at radius 3 is 2.40 bits per heavy atom. The van der Waals surface area contributed by atoms with Gasteiger partial charge in [-0.15, -0.1) is 0 Å². The summed E-state index contributed by atoms with van der Waals surface area (Å²) in [5, 5.41) is 0.948. The van der Waals surface area contributed by atoms with Crippen LogP contribution in [0.3, 0.4) is 0 Å². The molecule has 0 unspecified atom stereocenters. The van der Waals surface area contributed by atoms with Gasteiger partial charge in [0.1, 0.15) is 5.75 Å². The quantitative estimate of drug-likeness (QED) is 0.468. The molecule has 0 bridgehead atoms. The second kappa shape index (κ2) is 6.08. The molecule has 20 heavy (non-hydrogen) atoms. The van der Waals surface area contributed by atoms with E-state index in [9.17, 15) is 0 Å². The predicted molar refractivity (Wildman–Crippen MR) is 86.1 cm³/mol. The molecule has 0 N–H and O–H groups in total. The first-order valence-corrected chi connectivity index (χ1v) is 8.12. The highest BCUT2D eigenvalue weighted by atomic mass is 79.9. The first kappa shape index (κ1) is 15.9. The van der Waals surface area contributed by atoms with Gasteiger partial charge in [-0.3, -0.25) is 0 Å². The van der Waals surface area contributed by atoms with Crippen LogP contribution in [-0.4, -0.2) is 30.3 Å². The molecule has 1 saturated heterocycles. The molecular weight excluding hydrogens is 319 g/mol. The van der Waals surface area contributed by atoms with Gasteiger partial charge in [0.05, 0.1) is 17.8 Å². The van der Waals surface area contributed by atoms with Crippen molar-refractivity contribution in [2.75, 3.05) is 11.9 Å². The minimum absolute atomic E-state index is 0.315. The fraction of sp³-hybridized carbons (Fsp3) is 0.600. The normalized spacial score (nSPS) is 20.1. The van der Waals surface area contributed by atoms with Gasteiger partial charge in [0.2, 0.25) is 0 Å². The van der Waals surface area contributed by atoms with Crippen molar-refractivity contribution >= 4 is 28.5 Å². The molecule has 0 amide bonds. The molecule has 1 aromatic rings. The SMILES string of the molecule is CC1(C)OB(c2cccc(OCCCBr)c2)OC1(C)C. The highest BCUT2D eigenvalue weighted by Crippen LogP contribution is 2.36. The fourth-order valence-electron chi connectivity index (χ4n) is 1.97. The van der Waals surface area contributed by atoms with Crippen LogP contribution in [-0.2, 0) is 9.31 Å². The molecule has 0 aliphatic carbocycles. The second-order valence-electron chi connectivity index (χ2n) is 6.05. The molecule has 0 radical (unpaired) electrons. The van der Waals surface area contributed by atoms with Crippen LogP contribution in [0.1, 0.15) is 34.1 Å². The van der Waals surface area contributed by atoms with Crippen LogP contribution in [0.25, 0.3) is 0 Å². The van der Waals surface area contributed by atoms with Crippen LogP contribution in [0.5, 0.6) is 5.75 Å². The van der Waals surface area contributed by atoms with Crippen molar-refractivity contribution in [3.05, 3.63) is 24.3 Å². The van der Waals surface area contributed by atoms with Crippen molar-refractivity contribution in [2.24, 2.45) is 0 Å². The number of alkyl halides is 1. The van der Waals surface area contributed by atoms with Gasteiger partial charge in [0.25, 0.3) is 0 Å². The summed E-state index contributed by atoms with van der Waals surface area (Å²) in [7, 11) is -0.334. The van der Waals surface area contributed by atoms with Crippen LogP contribution in [0.15, 0.2) is 24.3 Å². The lowest BCUT2D eigenvalue weighted by molar-refractivity contribution is 0.00578. The maximum absolute atomic E-state index is 6.05. The molecule has 1 fully saturated rings. The Morgan fingerprint density at radius 2 is 1.80 bits per heavy atom. The maximum Gasteiger partial charge on any atom is 0.494 e. The van der Waals surface area contributed by atoms with Crippen molar-refractivity contribution in [2.45, 2.75) is 45.3 Å². The minimum atomic E-state index is -0.334. The molecule has 0 spiro atoms. The van der Waals surface area contributed by atoms with Crippen molar-refractivity contribution in [1.29, 1.82) is 0 Å². The van der Waals surface area contributed by atoms with Crippen LogP contribution < -0.4 is 10.2 Å². The Labute approximate surface area is 130 Å². The van der Waals surface area contributed by atoms with Crippen LogP contribution in [0, 0.1) is 0 Å². The highest BCUT2D eigenvalue weighted by Gasteiger charge is 2.51. The van der Waals surface area contributed by atoms with Crippen LogP contribution in [0.2, 0.25) is 0 Å². The van der Waals surface area contributed by atoms with Gasteiger partial charge in [-0.1, -0.05) is 28.1 Å². The Kier molecular flexibility index (Phi) is 4.82. The van der Waals surface area contributed by atoms with E-state index in [1.807, 2.05) is 24.3 Å². The number of rotatable bonds is 5. The van der Waals surface area contributed by atoms with E-state index in [2.05, 4.69) is 43.6 Å². The lowest BCUT2D eigenvalue weighted by atomic mass is 9.79. The molecule has 1 heterocycles. The lowest BCUT2D eigenvalue weighted by Crippen LogP contribution is -2.41. The van der Waals surface area contributed by atoms with Crippen molar-refractivity contribution in [1.82, 2.24) is 0 Å².